The minimum Gasteiger partial charge on any atom is -0.457 e. The first kappa shape index (κ1) is 26.2. The molecular formula is C24H42O6Si. The van der Waals surface area contributed by atoms with Gasteiger partial charge in [0.25, 0.3) is 0 Å². The molecular weight excluding hydrogens is 412 g/mol. The van der Waals surface area contributed by atoms with Crippen LogP contribution >= 0.6 is 0 Å². The molecule has 0 aromatic rings. The van der Waals surface area contributed by atoms with E-state index < -0.39 is 26.2 Å². The van der Waals surface area contributed by atoms with E-state index in [1.165, 1.54) is 6.42 Å². The zero-order valence-corrected chi connectivity index (χ0v) is 21.8. The third kappa shape index (κ3) is 6.73. The summed E-state index contributed by atoms with van der Waals surface area (Å²) in [6.07, 6.45) is 4.67. The van der Waals surface area contributed by atoms with Gasteiger partial charge in [0.15, 0.2) is 19.9 Å². The number of ether oxygens (including phenoxy) is 3. The van der Waals surface area contributed by atoms with Crippen molar-refractivity contribution in [2.45, 2.75) is 116 Å². The van der Waals surface area contributed by atoms with Crippen molar-refractivity contribution in [1.29, 1.82) is 0 Å². The molecule has 0 radical (unpaired) electrons. The van der Waals surface area contributed by atoms with Gasteiger partial charge in [0.1, 0.15) is 24.4 Å². The zero-order valence-electron chi connectivity index (χ0n) is 20.8. The van der Waals surface area contributed by atoms with Crippen LogP contribution in [0, 0.1) is 0 Å². The highest BCUT2D eigenvalue weighted by Crippen LogP contribution is 2.39. The van der Waals surface area contributed by atoms with Gasteiger partial charge < -0.3 is 18.6 Å². The molecule has 0 N–H and O–H groups in total. The van der Waals surface area contributed by atoms with Crippen molar-refractivity contribution in [2.24, 2.45) is 0 Å². The summed E-state index contributed by atoms with van der Waals surface area (Å²) in [4.78, 5) is 25.3. The Morgan fingerprint density at radius 3 is 2.39 bits per heavy atom. The van der Waals surface area contributed by atoms with Crippen LogP contribution < -0.4 is 0 Å². The van der Waals surface area contributed by atoms with Crippen molar-refractivity contribution in [2.75, 3.05) is 13.2 Å². The molecule has 2 aliphatic rings. The average Bonchev–Trinajstić information content (AvgIpc) is 3.17. The fourth-order valence-corrected chi connectivity index (χ4v) is 4.72. The molecule has 1 fully saturated rings. The number of hydrogen-bond acceptors (Lipinski definition) is 6. The van der Waals surface area contributed by atoms with Crippen molar-refractivity contribution in [3.63, 3.8) is 0 Å². The van der Waals surface area contributed by atoms with Crippen molar-refractivity contribution < 1.29 is 28.2 Å². The number of rotatable bonds is 11. The molecule has 0 bridgehead atoms. The van der Waals surface area contributed by atoms with Gasteiger partial charge in [-0.3, -0.25) is 4.79 Å². The average molecular weight is 455 g/mol. The molecule has 6 nitrogen and oxygen atoms in total. The van der Waals surface area contributed by atoms with Gasteiger partial charge in [-0.2, -0.15) is 0 Å². The predicted molar refractivity (Wildman–Crippen MR) is 123 cm³/mol. The van der Waals surface area contributed by atoms with Crippen LogP contribution in [0.3, 0.4) is 0 Å². The van der Waals surface area contributed by atoms with E-state index in [1.54, 1.807) is 0 Å². The van der Waals surface area contributed by atoms with Crippen LogP contribution in [0.2, 0.25) is 18.1 Å². The molecule has 2 rings (SSSR count). The normalized spacial score (nSPS) is 24.1. The first-order valence-corrected chi connectivity index (χ1v) is 14.6. The van der Waals surface area contributed by atoms with Crippen molar-refractivity contribution in [3.8, 4) is 0 Å². The van der Waals surface area contributed by atoms with Crippen molar-refractivity contribution in [1.82, 2.24) is 0 Å². The van der Waals surface area contributed by atoms with Crippen LogP contribution in [0.4, 0.5) is 0 Å². The van der Waals surface area contributed by atoms with Gasteiger partial charge in [-0.05, 0) is 38.4 Å². The topological polar surface area (TPSA) is 71.1 Å². The summed E-state index contributed by atoms with van der Waals surface area (Å²) in [5.74, 6) is -1.50. The SMILES string of the molecule is CCCCCCCC(=O)C1=C([C@H]2OC(C)(C)O[C@@H]2CO[Si](C)(C)C(C)(C)C)COC1=O. The van der Waals surface area contributed by atoms with Crippen LogP contribution in [0.1, 0.15) is 80.1 Å². The third-order valence-electron chi connectivity index (χ3n) is 6.61. The second kappa shape index (κ2) is 10.3. The molecule has 7 heteroatoms. The van der Waals surface area contributed by atoms with Gasteiger partial charge >= 0.3 is 5.97 Å². The lowest BCUT2D eigenvalue weighted by Crippen LogP contribution is -2.44. The molecule has 0 aromatic heterocycles. The maximum Gasteiger partial charge on any atom is 0.342 e. The quantitative estimate of drug-likeness (QED) is 0.182. The number of carbonyl (C=O) groups is 2. The van der Waals surface area contributed by atoms with Gasteiger partial charge in [-0.1, -0.05) is 53.4 Å². The van der Waals surface area contributed by atoms with Crippen LogP contribution in [0.15, 0.2) is 11.1 Å². The van der Waals surface area contributed by atoms with Gasteiger partial charge in [0.2, 0.25) is 0 Å². The number of cyclic esters (lactones) is 1. The number of unbranched alkanes of at least 4 members (excludes halogenated alkanes) is 4. The Balaban J connectivity index is 2.16. The Morgan fingerprint density at radius 1 is 1.13 bits per heavy atom. The van der Waals surface area contributed by atoms with Crippen LogP contribution in [-0.2, 0) is 28.2 Å². The van der Waals surface area contributed by atoms with E-state index in [0.29, 0.717) is 18.6 Å². The smallest absolute Gasteiger partial charge is 0.342 e. The molecule has 0 aromatic carbocycles. The summed E-state index contributed by atoms with van der Waals surface area (Å²) in [7, 11) is -1.99. The van der Waals surface area contributed by atoms with E-state index in [2.05, 4.69) is 40.8 Å². The summed E-state index contributed by atoms with van der Waals surface area (Å²) in [6, 6.07) is 0. The van der Waals surface area contributed by atoms with Gasteiger partial charge in [-0.25, -0.2) is 4.79 Å². The second-order valence-electron chi connectivity index (χ2n) is 10.7. The number of ketones is 1. The summed E-state index contributed by atoms with van der Waals surface area (Å²) in [5, 5.41) is 0.0715. The highest BCUT2D eigenvalue weighted by Gasteiger charge is 2.48. The fourth-order valence-electron chi connectivity index (χ4n) is 3.71. The number of carbonyl (C=O) groups excluding carboxylic acids is 2. The minimum absolute atomic E-state index is 0.0715. The highest BCUT2D eigenvalue weighted by molar-refractivity contribution is 6.74. The van der Waals surface area contributed by atoms with Gasteiger partial charge in [0, 0.05) is 12.0 Å². The first-order chi connectivity index (χ1) is 14.3. The molecule has 0 amide bonds. The minimum atomic E-state index is -1.99. The summed E-state index contributed by atoms with van der Waals surface area (Å²) < 4.78 is 23.9. The highest BCUT2D eigenvalue weighted by atomic mass is 28.4. The van der Waals surface area contributed by atoms with Crippen molar-refractivity contribution >= 4 is 20.1 Å². The summed E-state index contributed by atoms with van der Waals surface area (Å²) >= 11 is 0. The summed E-state index contributed by atoms with van der Waals surface area (Å²) in [6.45, 7) is 17.3. The molecule has 0 saturated carbocycles. The van der Waals surface area contributed by atoms with E-state index in [9.17, 15) is 9.59 Å². The third-order valence-corrected chi connectivity index (χ3v) is 11.1. The Morgan fingerprint density at radius 2 is 1.77 bits per heavy atom. The largest absolute Gasteiger partial charge is 0.457 e. The Bertz CT molecular complexity index is 689. The molecule has 178 valence electrons. The monoisotopic (exact) mass is 454 g/mol. The van der Waals surface area contributed by atoms with E-state index in [4.69, 9.17) is 18.6 Å². The van der Waals surface area contributed by atoms with Crippen LogP contribution in [-0.4, -0.2) is 51.3 Å². The maximum atomic E-state index is 12.9. The lowest BCUT2D eigenvalue weighted by molar-refractivity contribution is -0.146. The lowest BCUT2D eigenvalue weighted by Gasteiger charge is -2.37. The number of hydrogen-bond donors (Lipinski definition) is 0. The van der Waals surface area contributed by atoms with E-state index in [1.807, 2.05) is 13.8 Å². The maximum absolute atomic E-state index is 12.9. The standard InChI is InChI=1S/C24H42O6Si/c1-9-10-11-12-13-14-18(25)20-17(15-27-22(20)26)21-19(29-24(5,6)30-21)16-28-31(7,8)23(2,3)4/h19,21H,9-16H2,1-8H3/t19-,21-/m1/s1. The van der Waals surface area contributed by atoms with Crippen LogP contribution in [0.5, 0.6) is 0 Å². The number of Topliss-reactive ketones (excluding diaryl/α,β-unsaturated/α-hetero) is 1. The zero-order chi connectivity index (χ0) is 23.4. The molecule has 1 saturated heterocycles. The van der Waals surface area contributed by atoms with E-state index >= 15 is 0 Å². The molecule has 0 spiro atoms. The molecule has 31 heavy (non-hydrogen) atoms. The number of esters is 1. The van der Waals surface area contributed by atoms with Crippen LogP contribution in [0.25, 0.3) is 0 Å². The summed E-state index contributed by atoms with van der Waals surface area (Å²) in [5.41, 5.74) is 0.775. The second-order valence-corrected chi connectivity index (χ2v) is 15.5. The molecule has 0 aliphatic carbocycles. The first-order valence-electron chi connectivity index (χ1n) is 11.7. The lowest BCUT2D eigenvalue weighted by atomic mass is 9.96. The Hall–Kier alpha value is -1.02. The van der Waals surface area contributed by atoms with Crippen molar-refractivity contribution in [3.05, 3.63) is 11.1 Å². The predicted octanol–water partition coefficient (Wildman–Crippen LogP) is 5.31. The molecule has 2 aliphatic heterocycles. The Labute approximate surface area is 189 Å². The Kier molecular flexibility index (Phi) is 8.70. The molecule has 2 heterocycles. The van der Waals surface area contributed by atoms with E-state index in [-0.39, 0.29) is 29.1 Å². The van der Waals surface area contributed by atoms with Gasteiger partial charge in [0.05, 0.1) is 6.61 Å². The fraction of sp³-hybridized carbons (Fsp3) is 0.833. The molecule has 2 atom stereocenters. The van der Waals surface area contributed by atoms with Gasteiger partial charge in [-0.15, -0.1) is 0 Å². The molecule has 0 unspecified atom stereocenters. The van der Waals surface area contributed by atoms with E-state index in [0.717, 1.165) is 25.7 Å².